The molecular weight excluding hydrogens is 146 g/mol. The molecule has 3 nitrogen and oxygen atoms in total. The minimum atomic E-state index is 0.00664. The van der Waals surface area contributed by atoms with Gasteiger partial charge in [-0.2, -0.15) is 5.10 Å². The van der Waals surface area contributed by atoms with E-state index in [0.29, 0.717) is 0 Å². The molecule has 1 aliphatic heterocycles. The second kappa shape index (κ2) is 4.33. The maximum atomic E-state index is 4.06. The first-order valence-electron chi connectivity index (χ1n) is 3.35. The number of nitrogens with zero attached hydrogens (tertiary/aromatic N) is 3. The zero-order chi connectivity index (χ0) is 7.23. The van der Waals surface area contributed by atoms with Crippen LogP contribution >= 0.6 is 0 Å². The summed E-state index contributed by atoms with van der Waals surface area (Å²) in [5, 5.41) is 3.89. The Hall–Kier alpha value is -0.510. The second-order valence-electron chi connectivity index (χ2n) is 1.90. The highest BCUT2D eigenvalue weighted by Gasteiger charge is 1.97. The van der Waals surface area contributed by atoms with E-state index in [-0.39, 0.29) is 10.7 Å². The molecule has 0 saturated heterocycles. The van der Waals surface area contributed by atoms with Crippen molar-refractivity contribution in [2.24, 2.45) is 14.6 Å². The summed E-state index contributed by atoms with van der Waals surface area (Å²) in [6.07, 6.45) is 2.77. The molecule has 0 aliphatic carbocycles. The monoisotopic (exact) mass is 157 g/mol. The molecule has 0 amide bonds. The first-order chi connectivity index (χ1) is 4.93. The van der Waals surface area contributed by atoms with Crippen molar-refractivity contribution < 1.29 is 0 Å². The Morgan fingerprint density at radius 1 is 1.80 bits per heavy atom. The van der Waals surface area contributed by atoms with Crippen LogP contribution in [0.3, 0.4) is 0 Å². The highest BCUT2D eigenvalue weighted by molar-refractivity contribution is 8.00. The van der Waals surface area contributed by atoms with Gasteiger partial charge in [-0.3, -0.25) is 4.99 Å². The normalized spacial score (nSPS) is 25.1. The van der Waals surface area contributed by atoms with Crippen LogP contribution in [-0.2, 0) is 10.7 Å². The standard InChI is InChI=1S/C6H11N3S/c1-2-3-8-9-10-5-4-7-6-10/h3,6H,2,4-5H2,1H3/b8-3+. The molecule has 1 aliphatic rings. The van der Waals surface area contributed by atoms with Crippen molar-refractivity contribution in [1.82, 2.24) is 0 Å². The van der Waals surface area contributed by atoms with Crippen molar-refractivity contribution in [1.29, 1.82) is 0 Å². The predicted octanol–water partition coefficient (Wildman–Crippen LogP) is 1.23. The number of aliphatic imine (C=N–C) groups is 1. The molecule has 0 bridgehead atoms. The van der Waals surface area contributed by atoms with Crippen molar-refractivity contribution in [2.45, 2.75) is 13.3 Å². The Bertz CT molecular complexity index is 183. The van der Waals surface area contributed by atoms with Gasteiger partial charge < -0.3 is 0 Å². The molecule has 56 valence electrons. The maximum Gasteiger partial charge on any atom is 0.0671 e. The molecular formula is C6H11N3S. The van der Waals surface area contributed by atoms with Gasteiger partial charge in [0.05, 0.1) is 5.55 Å². The minimum absolute atomic E-state index is 0.00664. The highest BCUT2D eigenvalue weighted by atomic mass is 32.2. The Morgan fingerprint density at radius 3 is 3.30 bits per heavy atom. The number of rotatable bonds is 2. The Labute approximate surface area is 63.3 Å². The largest absolute Gasteiger partial charge is 0.284 e. The molecule has 0 aromatic heterocycles. The van der Waals surface area contributed by atoms with Crippen molar-refractivity contribution >= 4 is 22.5 Å². The molecule has 0 saturated carbocycles. The summed E-state index contributed by atoms with van der Waals surface area (Å²) in [4.78, 5) is 4.06. The first kappa shape index (κ1) is 7.60. The van der Waals surface area contributed by atoms with Crippen molar-refractivity contribution in [2.75, 3.05) is 12.3 Å². The van der Waals surface area contributed by atoms with Crippen LogP contribution in [-0.4, -0.2) is 24.1 Å². The zero-order valence-corrected chi connectivity index (χ0v) is 6.84. The topological polar surface area (TPSA) is 37.1 Å². The van der Waals surface area contributed by atoms with Gasteiger partial charge in [0.1, 0.15) is 0 Å². The van der Waals surface area contributed by atoms with Gasteiger partial charge in [0.2, 0.25) is 0 Å². The summed E-state index contributed by atoms with van der Waals surface area (Å²) in [5.41, 5.74) is 1.90. The van der Waals surface area contributed by atoms with Gasteiger partial charge in [-0.1, -0.05) is 6.92 Å². The second-order valence-corrected chi connectivity index (χ2v) is 3.49. The molecule has 0 aromatic rings. The van der Waals surface area contributed by atoms with E-state index in [1.54, 1.807) is 0 Å². The maximum absolute atomic E-state index is 4.06. The lowest BCUT2D eigenvalue weighted by Gasteiger charge is -1.84. The van der Waals surface area contributed by atoms with Gasteiger partial charge in [-0.15, -0.1) is 4.47 Å². The average Bonchev–Trinajstić information content (AvgIpc) is 2.41. The van der Waals surface area contributed by atoms with E-state index < -0.39 is 0 Å². The molecule has 10 heavy (non-hydrogen) atoms. The minimum Gasteiger partial charge on any atom is -0.284 e. The van der Waals surface area contributed by atoms with Crippen LogP contribution < -0.4 is 0 Å². The summed E-state index contributed by atoms with van der Waals surface area (Å²) in [7, 11) is 0.00664. The van der Waals surface area contributed by atoms with Gasteiger partial charge in [-0.05, 0) is 17.1 Å². The molecule has 1 unspecified atom stereocenters. The fraction of sp³-hybridized carbons (Fsp3) is 0.667. The predicted molar refractivity (Wildman–Crippen MR) is 46.8 cm³/mol. The molecule has 4 heteroatoms. The lowest BCUT2D eigenvalue weighted by Crippen LogP contribution is -1.89. The summed E-state index contributed by atoms with van der Waals surface area (Å²) < 4.78 is 4.06. The van der Waals surface area contributed by atoms with Crippen LogP contribution in [0, 0.1) is 0 Å². The summed E-state index contributed by atoms with van der Waals surface area (Å²) in [6, 6.07) is 0. The smallest absolute Gasteiger partial charge is 0.0671 e. The van der Waals surface area contributed by atoms with E-state index in [1.165, 1.54) is 0 Å². The highest BCUT2D eigenvalue weighted by Crippen LogP contribution is 1.94. The van der Waals surface area contributed by atoms with Gasteiger partial charge in [0.25, 0.3) is 0 Å². The molecule has 0 radical (unpaired) electrons. The van der Waals surface area contributed by atoms with E-state index in [0.717, 1.165) is 18.7 Å². The van der Waals surface area contributed by atoms with Gasteiger partial charge in [0.15, 0.2) is 0 Å². The lowest BCUT2D eigenvalue weighted by molar-refractivity contribution is 1.17. The molecule has 0 spiro atoms. The molecule has 1 rings (SSSR count). The van der Waals surface area contributed by atoms with Gasteiger partial charge in [0, 0.05) is 18.5 Å². The third-order valence-electron chi connectivity index (χ3n) is 1.04. The van der Waals surface area contributed by atoms with Crippen LogP contribution in [0.25, 0.3) is 0 Å². The van der Waals surface area contributed by atoms with Crippen LogP contribution in [0.1, 0.15) is 13.3 Å². The van der Waals surface area contributed by atoms with Gasteiger partial charge in [-0.25, -0.2) is 0 Å². The molecule has 0 N–H and O–H groups in total. The Balaban J connectivity index is 2.39. The van der Waals surface area contributed by atoms with E-state index in [2.05, 4.69) is 14.6 Å². The van der Waals surface area contributed by atoms with E-state index in [9.17, 15) is 0 Å². The fourth-order valence-corrected chi connectivity index (χ4v) is 1.56. The van der Waals surface area contributed by atoms with Crippen LogP contribution in [0.15, 0.2) is 14.6 Å². The SMILES string of the molecule is CC/C=N/N=S1/C=NCC1. The van der Waals surface area contributed by atoms with E-state index in [1.807, 2.05) is 18.7 Å². The molecule has 1 heterocycles. The molecule has 1 atom stereocenters. The fourth-order valence-electron chi connectivity index (χ4n) is 0.575. The van der Waals surface area contributed by atoms with Crippen molar-refractivity contribution in [3.8, 4) is 0 Å². The van der Waals surface area contributed by atoms with Crippen LogP contribution in [0.2, 0.25) is 0 Å². The summed E-state index contributed by atoms with van der Waals surface area (Å²) >= 11 is 0. The Kier molecular flexibility index (Phi) is 3.29. The van der Waals surface area contributed by atoms with Crippen LogP contribution in [0.5, 0.6) is 0 Å². The first-order valence-corrected chi connectivity index (χ1v) is 4.77. The number of hydrogen-bond acceptors (Lipinski definition) is 2. The molecule has 0 fully saturated rings. The van der Waals surface area contributed by atoms with Gasteiger partial charge >= 0.3 is 0 Å². The number of hydrogen-bond donors (Lipinski definition) is 0. The third kappa shape index (κ3) is 2.39. The average molecular weight is 157 g/mol. The summed E-state index contributed by atoms with van der Waals surface area (Å²) in [5.74, 6) is 1.06. The van der Waals surface area contributed by atoms with E-state index >= 15 is 0 Å². The quantitative estimate of drug-likeness (QED) is 0.427. The van der Waals surface area contributed by atoms with Crippen molar-refractivity contribution in [3.05, 3.63) is 0 Å². The Morgan fingerprint density at radius 2 is 2.70 bits per heavy atom. The van der Waals surface area contributed by atoms with E-state index in [4.69, 9.17) is 0 Å². The summed E-state index contributed by atoms with van der Waals surface area (Å²) in [6.45, 7) is 2.97. The zero-order valence-electron chi connectivity index (χ0n) is 6.03. The molecule has 0 aromatic carbocycles. The van der Waals surface area contributed by atoms with Crippen LogP contribution in [0.4, 0.5) is 0 Å². The van der Waals surface area contributed by atoms with Crippen molar-refractivity contribution in [3.63, 3.8) is 0 Å². The third-order valence-corrected chi connectivity index (χ3v) is 2.34. The lowest BCUT2D eigenvalue weighted by atomic mass is 10.6.